The first-order valence-electron chi connectivity index (χ1n) is 8.53. The second kappa shape index (κ2) is 12.3. The quantitative estimate of drug-likeness (QED) is 0.387. The van der Waals surface area contributed by atoms with Crippen molar-refractivity contribution in [3.8, 4) is 11.5 Å². The van der Waals surface area contributed by atoms with E-state index < -0.39 is 0 Å². The van der Waals surface area contributed by atoms with Crippen molar-refractivity contribution in [3.63, 3.8) is 0 Å². The minimum Gasteiger partial charge on any atom is -0.493 e. The summed E-state index contributed by atoms with van der Waals surface area (Å²) in [6.45, 7) is 8.11. The molecule has 0 aliphatic carbocycles. The molecule has 0 aliphatic heterocycles. The Morgan fingerprint density at radius 2 is 1.91 bits per heavy atom. The van der Waals surface area contributed by atoms with Crippen molar-refractivity contribution in [1.82, 2.24) is 5.32 Å². The van der Waals surface area contributed by atoms with Crippen LogP contribution in [0.25, 0.3) is 0 Å². The van der Waals surface area contributed by atoms with Crippen LogP contribution in [0.1, 0.15) is 51.0 Å². The molecule has 0 spiro atoms. The van der Waals surface area contributed by atoms with Crippen LogP contribution in [0.15, 0.2) is 24.8 Å². The molecule has 1 rings (SSSR count). The lowest BCUT2D eigenvalue weighted by Crippen LogP contribution is -2.14. The molecule has 0 unspecified atom stereocenters. The Morgan fingerprint density at radius 1 is 1.17 bits per heavy atom. The van der Waals surface area contributed by atoms with Crippen LogP contribution in [0, 0.1) is 0 Å². The van der Waals surface area contributed by atoms with Gasteiger partial charge in [0, 0.05) is 6.54 Å². The van der Waals surface area contributed by atoms with Gasteiger partial charge in [0.25, 0.3) is 0 Å². The van der Waals surface area contributed by atoms with Crippen LogP contribution < -0.4 is 14.8 Å². The van der Waals surface area contributed by atoms with Gasteiger partial charge in [0.15, 0.2) is 11.5 Å². The summed E-state index contributed by atoms with van der Waals surface area (Å²) in [5.74, 6) is 1.24. The number of unbranched alkanes of at least 4 members (excludes halogenated alkanes) is 5. The maximum atomic E-state index is 6.29. The fraction of sp³-hybridized carbons (Fsp3) is 0.579. The van der Waals surface area contributed by atoms with Crippen LogP contribution in [-0.2, 0) is 6.54 Å². The molecule has 0 atom stereocenters. The van der Waals surface area contributed by atoms with Gasteiger partial charge in [0.05, 0.1) is 12.1 Å². The molecule has 23 heavy (non-hydrogen) atoms. The van der Waals surface area contributed by atoms with E-state index in [1.54, 1.807) is 13.2 Å². The average Bonchev–Trinajstić information content (AvgIpc) is 2.55. The van der Waals surface area contributed by atoms with Crippen LogP contribution in [-0.4, -0.2) is 20.3 Å². The maximum Gasteiger partial charge on any atom is 0.180 e. The molecule has 0 fully saturated rings. The lowest BCUT2D eigenvalue weighted by atomic mass is 10.1. The Hall–Kier alpha value is -1.19. The Morgan fingerprint density at radius 3 is 2.61 bits per heavy atom. The highest BCUT2D eigenvalue weighted by Crippen LogP contribution is 2.36. The third-order valence-corrected chi connectivity index (χ3v) is 3.95. The smallest absolute Gasteiger partial charge is 0.180 e. The average molecular weight is 340 g/mol. The second-order valence-corrected chi connectivity index (χ2v) is 6.06. The summed E-state index contributed by atoms with van der Waals surface area (Å²) in [6.07, 6.45) is 9.55. The third kappa shape index (κ3) is 7.76. The lowest BCUT2D eigenvalue weighted by Gasteiger charge is -2.13. The first-order valence-corrected chi connectivity index (χ1v) is 8.91. The van der Waals surface area contributed by atoms with E-state index >= 15 is 0 Å². The van der Waals surface area contributed by atoms with Crippen molar-refractivity contribution in [3.05, 3.63) is 35.4 Å². The summed E-state index contributed by atoms with van der Waals surface area (Å²) in [7, 11) is 1.62. The van der Waals surface area contributed by atoms with Crippen molar-refractivity contribution in [2.24, 2.45) is 0 Å². The number of benzene rings is 1. The van der Waals surface area contributed by atoms with Gasteiger partial charge in [-0.15, -0.1) is 0 Å². The van der Waals surface area contributed by atoms with Gasteiger partial charge in [-0.05, 0) is 30.7 Å². The normalized spacial score (nSPS) is 10.6. The van der Waals surface area contributed by atoms with Gasteiger partial charge in [0.1, 0.15) is 6.61 Å². The molecule has 0 amide bonds. The van der Waals surface area contributed by atoms with E-state index in [0.717, 1.165) is 18.7 Å². The number of nitrogens with one attached hydrogen (secondary N) is 1. The molecule has 3 nitrogen and oxygen atoms in total. The second-order valence-electron chi connectivity index (χ2n) is 5.65. The highest BCUT2D eigenvalue weighted by Gasteiger charge is 2.11. The van der Waals surface area contributed by atoms with Gasteiger partial charge in [-0.2, -0.15) is 0 Å². The van der Waals surface area contributed by atoms with Crippen molar-refractivity contribution in [2.45, 2.75) is 52.0 Å². The number of rotatable bonds is 13. The number of hydrogen-bond donors (Lipinski definition) is 1. The highest BCUT2D eigenvalue weighted by molar-refractivity contribution is 6.32. The SMILES string of the molecule is C=CCOc1c(Cl)cc(CNCCCCCCCC)cc1OC. The summed E-state index contributed by atoms with van der Waals surface area (Å²) in [5, 5.41) is 4.03. The zero-order chi connectivity index (χ0) is 16.9. The van der Waals surface area contributed by atoms with Crippen LogP contribution in [0.4, 0.5) is 0 Å². The Kier molecular flexibility index (Phi) is 10.6. The molecule has 1 aromatic rings. The van der Waals surface area contributed by atoms with Crippen LogP contribution in [0.5, 0.6) is 11.5 Å². The van der Waals surface area contributed by atoms with Gasteiger partial charge >= 0.3 is 0 Å². The summed E-state index contributed by atoms with van der Waals surface area (Å²) in [5.41, 5.74) is 1.10. The van der Waals surface area contributed by atoms with E-state index in [4.69, 9.17) is 21.1 Å². The first kappa shape index (κ1) is 19.9. The van der Waals surface area contributed by atoms with Crippen molar-refractivity contribution < 1.29 is 9.47 Å². The predicted molar refractivity (Wildman–Crippen MR) is 98.8 cm³/mol. The summed E-state index contributed by atoms with van der Waals surface area (Å²) < 4.78 is 10.9. The Balaban J connectivity index is 2.39. The number of halogens is 1. The van der Waals surface area contributed by atoms with Gasteiger partial charge < -0.3 is 14.8 Å². The van der Waals surface area contributed by atoms with Gasteiger partial charge in [0.2, 0.25) is 0 Å². The molecular weight excluding hydrogens is 310 g/mol. The molecular formula is C19H30ClNO2. The third-order valence-electron chi connectivity index (χ3n) is 3.67. The van der Waals surface area contributed by atoms with Crippen LogP contribution >= 0.6 is 11.6 Å². The minimum absolute atomic E-state index is 0.408. The van der Waals surface area contributed by atoms with E-state index in [9.17, 15) is 0 Å². The number of ether oxygens (including phenoxy) is 2. The van der Waals surface area contributed by atoms with Gasteiger partial charge in [-0.25, -0.2) is 0 Å². The van der Waals surface area contributed by atoms with Gasteiger partial charge in [-0.1, -0.05) is 63.3 Å². The fourth-order valence-corrected chi connectivity index (χ4v) is 2.71. The molecule has 130 valence electrons. The zero-order valence-corrected chi connectivity index (χ0v) is 15.3. The van der Waals surface area contributed by atoms with Crippen molar-refractivity contribution >= 4 is 11.6 Å². The summed E-state index contributed by atoms with van der Waals surface area (Å²) >= 11 is 6.29. The minimum atomic E-state index is 0.408. The van der Waals surface area contributed by atoms with E-state index in [2.05, 4.69) is 18.8 Å². The molecule has 0 aliphatic rings. The lowest BCUT2D eigenvalue weighted by molar-refractivity contribution is 0.326. The molecule has 0 bridgehead atoms. The van der Waals surface area contributed by atoms with Crippen LogP contribution in [0.2, 0.25) is 5.02 Å². The molecule has 0 heterocycles. The monoisotopic (exact) mass is 339 g/mol. The molecule has 0 radical (unpaired) electrons. The number of hydrogen-bond acceptors (Lipinski definition) is 3. The predicted octanol–water partition coefficient (Wildman–Crippen LogP) is 5.36. The first-order chi connectivity index (χ1) is 11.2. The Labute approximate surface area is 146 Å². The topological polar surface area (TPSA) is 30.5 Å². The molecule has 1 N–H and O–H groups in total. The van der Waals surface area contributed by atoms with Crippen molar-refractivity contribution in [2.75, 3.05) is 20.3 Å². The van der Waals surface area contributed by atoms with Crippen LogP contribution in [0.3, 0.4) is 0 Å². The number of methoxy groups -OCH3 is 1. The highest BCUT2D eigenvalue weighted by atomic mass is 35.5. The summed E-state index contributed by atoms with van der Waals surface area (Å²) in [6, 6.07) is 3.90. The molecule has 0 saturated carbocycles. The maximum absolute atomic E-state index is 6.29. The standard InChI is InChI=1S/C19H30ClNO2/c1-4-6-7-8-9-10-11-21-15-16-13-17(20)19(23-12-5-2)18(14-16)22-3/h5,13-14,21H,2,4,6-12,15H2,1,3H3. The fourth-order valence-electron chi connectivity index (χ4n) is 2.42. The van der Waals surface area contributed by atoms with E-state index in [-0.39, 0.29) is 0 Å². The van der Waals surface area contributed by atoms with E-state index in [0.29, 0.717) is 23.1 Å². The molecule has 0 aromatic heterocycles. The summed E-state index contributed by atoms with van der Waals surface area (Å²) in [4.78, 5) is 0. The molecule has 0 saturated heterocycles. The van der Waals surface area contributed by atoms with Crippen molar-refractivity contribution in [1.29, 1.82) is 0 Å². The van der Waals surface area contributed by atoms with Gasteiger partial charge in [-0.3, -0.25) is 0 Å². The Bertz CT molecular complexity index is 463. The molecule has 1 aromatic carbocycles. The van der Waals surface area contributed by atoms with E-state index in [1.807, 2.05) is 12.1 Å². The largest absolute Gasteiger partial charge is 0.493 e. The molecule has 4 heteroatoms. The van der Waals surface area contributed by atoms with E-state index in [1.165, 1.54) is 38.5 Å². The zero-order valence-electron chi connectivity index (χ0n) is 14.5.